The zero-order valence-corrected chi connectivity index (χ0v) is 16.1. The van der Waals surface area contributed by atoms with Crippen molar-refractivity contribution in [2.45, 2.75) is 10.8 Å². The molecule has 0 spiro atoms. The van der Waals surface area contributed by atoms with Crippen molar-refractivity contribution in [1.82, 2.24) is 4.98 Å². The fourth-order valence-electron chi connectivity index (χ4n) is 2.62. The minimum atomic E-state index is -0.513. The number of aromatic nitrogens is 1. The molecule has 0 atom stereocenters. The molecule has 7 nitrogen and oxygen atoms in total. The van der Waals surface area contributed by atoms with Gasteiger partial charge < -0.3 is 16.6 Å². The Hall–Kier alpha value is -3.53. The van der Waals surface area contributed by atoms with Gasteiger partial charge in [-0.3, -0.25) is 4.79 Å². The zero-order chi connectivity index (χ0) is 20.1. The molecule has 0 fully saturated rings. The summed E-state index contributed by atoms with van der Waals surface area (Å²) in [6.07, 6.45) is 0. The van der Waals surface area contributed by atoms with Gasteiger partial charge in [-0.1, -0.05) is 24.3 Å². The summed E-state index contributed by atoms with van der Waals surface area (Å²) in [5, 5.41) is 24.9. The first-order chi connectivity index (χ1) is 13.6. The first-order valence-electron chi connectivity index (χ1n) is 7.98. The van der Waals surface area contributed by atoms with Crippen LogP contribution in [0.1, 0.15) is 22.3 Å². The molecule has 0 aliphatic carbocycles. The molecule has 0 saturated heterocycles. The quantitative estimate of drug-likeness (QED) is 0.195. The highest BCUT2D eigenvalue weighted by Gasteiger charge is 2.20. The van der Waals surface area contributed by atoms with Crippen molar-refractivity contribution in [3.63, 3.8) is 0 Å². The van der Waals surface area contributed by atoms with Crippen LogP contribution in [0.3, 0.4) is 0 Å². The molecule has 0 bridgehead atoms. The summed E-state index contributed by atoms with van der Waals surface area (Å²) in [6.45, 7) is 0. The van der Waals surface area contributed by atoms with E-state index in [0.29, 0.717) is 26.8 Å². The summed E-state index contributed by atoms with van der Waals surface area (Å²) < 4.78 is 0. The van der Waals surface area contributed by atoms with Gasteiger partial charge in [0, 0.05) is 21.8 Å². The van der Waals surface area contributed by atoms with Crippen LogP contribution in [0.15, 0.2) is 56.7 Å². The lowest BCUT2D eigenvalue weighted by Gasteiger charge is -2.10. The summed E-state index contributed by atoms with van der Waals surface area (Å²) in [5.41, 5.74) is 7.43. The number of hydrazone groups is 1. The third kappa shape index (κ3) is 3.76. The van der Waals surface area contributed by atoms with Crippen LogP contribution in [0, 0.1) is 22.7 Å². The van der Waals surface area contributed by atoms with Crippen molar-refractivity contribution in [3.05, 3.63) is 74.4 Å². The van der Waals surface area contributed by atoms with Crippen molar-refractivity contribution < 1.29 is 0 Å². The third-order valence-corrected chi connectivity index (χ3v) is 5.88. The van der Waals surface area contributed by atoms with E-state index in [4.69, 9.17) is 11.6 Å². The zero-order valence-electron chi connectivity index (χ0n) is 14.5. The molecule has 0 aliphatic heterocycles. The van der Waals surface area contributed by atoms with Gasteiger partial charge in [0.2, 0.25) is 0 Å². The van der Waals surface area contributed by atoms with E-state index in [0.717, 1.165) is 5.56 Å². The average molecular weight is 406 g/mol. The molecule has 0 radical (unpaired) electrons. The number of amidine groups is 1. The average Bonchev–Trinajstić information content (AvgIpc) is 3.25. The van der Waals surface area contributed by atoms with E-state index < -0.39 is 5.56 Å². The second-order valence-corrected chi connectivity index (χ2v) is 7.55. The molecule has 3 rings (SSSR count). The third-order valence-electron chi connectivity index (χ3n) is 3.92. The molecular weight excluding hydrogens is 392 g/mol. The highest BCUT2D eigenvalue weighted by molar-refractivity contribution is 7.98. The van der Waals surface area contributed by atoms with Crippen LogP contribution < -0.4 is 17.1 Å². The van der Waals surface area contributed by atoms with Gasteiger partial charge in [0.15, 0.2) is 0 Å². The maximum absolute atomic E-state index is 12.4. The monoisotopic (exact) mass is 406 g/mol. The van der Waals surface area contributed by atoms with Crippen LogP contribution in [-0.4, -0.2) is 10.8 Å². The number of aromatic amines is 1. The smallest absolute Gasteiger partial charge is 0.267 e. The standard InChI is InChI=1S/C19H14N6OS2/c20-8-13-16(15-5-2-6-27-15)14(9-21)19(24-18(13)26)28-10-11-3-1-4-12(7-11)17(22)25-23/h1-7H,10,23H2,(H2,22,25)(H,24,26). The van der Waals surface area contributed by atoms with Gasteiger partial charge in [-0.05, 0) is 23.1 Å². The molecular formula is C19H14N6OS2. The van der Waals surface area contributed by atoms with E-state index in [2.05, 4.69) is 16.2 Å². The molecule has 2 aromatic heterocycles. The SMILES string of the molecule is N#Cc1c(SCc2cccc(/C(N)=N/N)c2)[nH]c(=O)c(C#N)c1-c1cccs1. The van der Waals surface area contributed by atoms with Crippen LogP contribution in [0.5, 0.6) is 0 Å². The van der Waals surface area contributed by atoms with Crippen molar-refractivity contribution >= 4 is 28.9 Å². The van der Waals surface area contributed by atoms with Crippen molar-refractivity contribution in [1.29, 1.82) is 10.5 Å². The van der Waals surface area contributed by atoms with Crippen LogP contribution in [0.2, 0.25) is 0 Å². The maximum atomic E-state index is 12.4. The van der Waals surface area contributed by atoms with Crippen LogP contribution in [0.4, 0.5) is 0 Å². The first kappa shape index (κ1) is 19.2. The Bertz CT molecular complexity index is 1180. The van der Waals surface area contributed by atoms with E-state index in [1.165, 1.54) is 23.1 Å². The summed E-state index contributed by atoms with van der Waals surface area (Å²) in [7, 11) is 0. The second kappa shape index (κ2) is 8.44. The molecule has 0 aliphatic rings. The molecule has 3 aromatic rings. The predicted molar refractivity (Wildman–Crippen MR) is 111 cm³/mol. The number of hydrogen-bond acceptors (Lipinski definition) is 7. The molecule has 0 saturated carbocycles. The Morgan fingerprint density at radius 3 is 2.64 bits per heavy atom. The van der Waals surface area contributed by atoms with Crippen LogP contribution in [0.25, 0.3) is 10.4 Å². The van der Waals surface area contributed by atoms with Gasteiger partial charge in [-0.15, -0.1) is 23.1 Å². The molecule has 0 unspecified atom stereocenters. The summed E-state index contributed by atoms with van der Waals surface area (Å²) in [5.74, 6) is 5.92. The Kier molecular flexibility index (Phi) is 5.80. The number of benzene rings is 1. The maximum Gasteiger partial charge on any atom is 0.267 e. The Morgan fingerprint density at radius 1 is 1.21 bits per heavy atom. The number of nitrogens with one attached hydrogen (secondary N) is 1. The Morgan fingerprint density at radius 2 is 2.00 bits per heavy atom. The topological polar surface area (TPSA) is 145 Å². The van der Waals surface area contributed by atoms with Crippen LogP contribution >= 0.6 is 23.1 Å². The highest BCUT2D eigenvalue weighted by atomic mass is 32.2. The van der Waals surface area contributed by atoms with Gasteiger partial charge in [-0.25, -0.2) is 0 Å². The van der Waals surface area contributed by atoms with Crippen molar-refractivity contribution in [3.8, 4) is 22.6 Å². The number of thioether (sulfide) groups is 1. The van der Waals surface area contributed by atoms with Crippen molar-refractivity contribution in [2.75, 3.05) is 0 Å². The van der Waals surface area contributed by atoms with E-state index >= 15 is 0 Å². The lowest BCUT2D eigenvalue weighted by Crippen LogP contribution is -2.15. The number of nitrogens with two attached hydrogens (primary N) is 2. The number of hydrogen-bond donors (Lipinski definition) is 3. The second-order valence-electron chi connectivity index (χ2n) is 5.61. The van der Waals surface area contributed by atoms with Crippen LogP contribution in [-0.2, 0) is 5.75 Å². The molecule has 0 amide bonds. The summed E-state index contributed by atoms with van der Waals surface area (Å²) in [4.78, 5) is 15.8. The fraction of sp³-hybridized carbons (Fsp3) is 0.0526. The van der Waals surface area contributed by atoms with E-state index in [1.807, 2.05) is 35.7 Å². The van der Waals surface area contributed by atoms with E-state index in [1.54, 1.807) is 12.1 Å². The van der Waals surface area contributed by atoms with E-state index in [9.17, 15) is 15.3 Å². The highest BCUT2D eigenvalue weighted by Crippen LogP contribution is 2.34. The number of nitrogens with zero attached hydrogens (tertiary/aromatic N) is 3. The van der Waals surface area contributed by atoms with Gasteiger partial charge in [0.05, 0.1) is 10.6 Å². The number of thiophene rings is 1. The molecule has 9 heteroatoms. The van der Waals surface area contributed by atoms with Gasteiger partial charge in [0.25, 0.3) is 5.56 Å². The minimum absolute atomic E-state index is 0.0581. The normalized spacial score (nSPS) is 11.0. The fourth-order valence-corrected chi connectivity index (χ4v) is 4.35. The molecule has 5 N–H and O–H groups in total. The first-order valence-corrected chi connectivity index (χ1v) is 9.85. The van der Waals surface area contributed by atoms with Gasteiger partial charge in [-0.2, -0.15) is 15.6 Å². The molecule has 28 heavy (non-hydrogen) atoms. The van der Waals surface area contributed by atoms with Gasteiger partial charge in [0.1, 0.15) is 23.5 Å². The summed E-state index contributed by atoms with van der Waals surface area (Å²) in [6, 6.07) is 15.0. The Balaban J connectivity index is 2.01. The lowest BCUT2D eigenvalue weighted by atomic mass is 10.0. The molecule has 1 aromatic carbocycles. The number of nitriles is 2. The van der Waals surface area contributed by atoms with Crippen molar-refractivity contribution in [2.24, 2.45) is 16.7 Å². The largest absolute Gasteiger partial charge is 0.382 e. The summed E-state index contributed by atoms with van der Waals surface area (Å²) >= 11 is 2.67. The van der Waals surface area contributed by atoms with Gasteiger partial charge >= 0.3 is 0 Å². The molecule has 138 valence electrons. The predicted octanol–water partition coefficient (Wildman–Crippen LogP) is 2.72. The number of rotatable bonds is 5. The molecule has 2 heterocycles. The van der Waals surface area contributed by atoms with E-state index in [-0.39, 0.29) is 17.0 Å². The number of H-pyrrole nitrogens is 1. The Labute approximate surface area is 168 Å². The number of pyridine rings is 1. The lowest BCUT2D eigenvalue weighted by molar-refractivity contribution is 1.05. The minimum Gasteiger partial charge on any atom is -0.382 e.